The Morgan fingerprint density at radius 2 is 1.93 bits per heavy atom. The molecule has 0 fully saturated rings. The highest BCUT2D eigenvalue weighted by Crippen LogP contribution is 2.12. The summed E-state index contributed by atoms with van der Waals surface area (Å²) in [6, 6.07) is 9.89. The molecule has 0 amide bonds. The lowest BCUT2D eigenvalue weighted by molar-refractivity contribution is 0.551. The third-order valence-electron chi connectivity index (χ3n) is 1.82. The van der Waals surface area contributed by atoms with E-state index < -0.39 is 5.54 Å². The van der Waals surface area contributed by atoms with Crippen molar-refractivity contribution in [2.24, 2.45) is 4.99 Å². The monoisotopic (exact) mass is 187 g/mol. The molecule has 0 spiro atoms. The van der Waals surface area contributed by atoms with E-state index in [9.17, 15) is 4.79 Å². The largest absolute Gasteiger partial charge is 0.235 e. The van der Waals surface area contributed by atoms with E-state index in [1.54, 1.807) is 6.08 Å². The maximum absolute atomic E-state index is 10.1. The third kappa shape index (κ3) is 3.38. The van der Waals surface area contributed by atoms with Gasteiger partial charge in [0, 0.05) is 0 Å². The van der Waals surface area contributed by atoms with Gasteiger partial charge in [-0.2, -0.15) is 4.99 Å². The molecule has 2 nitrogen and oxygen atoms in total. The number of nitrogens with zero attached hydrogens (tertiary/aromatic N) is 1. The molecule has 0 aliphatic heterocycles. The fraction of sp³-hybridized carbons (Fsp3) is 0.250. The lowest BCUT2D eigenvalue weighted by Gasteiger charge is -2.10. The number of aliphatic imine (C=N–C) groups is 1. The Hall–Kier alpha value is -1.66. The summed E-state index contributed by atoms with van der Waals surface area (Å²) in [4.78, 5) is 13.8. The first kappa shape index (κ1) is 10.4. The highest BCUT2D eigenvalue weighted by molar-refractivity contribution is 5.51. The molecule has 0 radical (unpaired) electrons. The Bertz CT molecular complexity index is 359. The van der Waals surface area contributed by atoms with Crippen LogP contribution in [-0.2, 0) is 4.79 Å². The predicted molar refractivity (Wildman–Crippen MR) is 57.7 cm³/mol. The summed E-state index contributed by atoms with van der Waals surface area (Å²) >= 11 is 0. The molecule has 0 aromatic heterocycles. The number of isocyanates is 1. The zero-order chi connectivity index (χ0) is 10.4. The molecule has 0 atom stereocenters. The Kier molecular flexibility index (Phi) is 3.38. The molecule has 1 aromatic rings. The maximum Gasteiger partial charge on any atom is 0.235 e. The van der Waals surface area contributed by atoms with Crippen LogP contribution in [0, 0.1) is 0 Å². The number of hydrogen-bond donors (Lipinski definition) is 0. The van der Waals surface area contributed by atoms with Crippen molar-refractivity contribution in [2.45, 2.75) is 19.4 Å². The fourth-order valence-electron chi connectivity index (χ4n) is 1.02. The van der Waals surface area contributed by atoms with Crippen molar-refractivity contribution in [2.75, 3.05) is 0 Å². The van der Waals surface area contributed by atoms with Gasteiger partial charge in [0.2, 0.25) is 6.08 Å². The van der Waals surface area contributed by atoms with Gasteiger partial charge in [-0.3, -0.25) is 0 Å². The van der Waals surface area contributed by atoms with Gasteiger partial charge in [-0.25, -0.2) is 4.79 Å². The van der Waals surface area contributed by atoms with Crippen molar-refractivity contribution in [1.82, 2.24) is 0 Å². The van der Waals surface area contributed by atoms with E-state index in [-0.39, 0.29) is 0 Å². The predicted octanol–water partition coefficient (Wildman–Crippen LogP) is 2.81. The van der Waals surface area contributed by atoms with Crippen molar-refractivity contribution < 1.29 is 4.79 Å². The molecule has 1 rings (SSSR count). The smallest absolute Gasteiger partial charge is 0.211 e. The molecule has 72 valence electrons. The van der Waals surface area contributed by atoms with E-state index >= 15 is 0 Å². The van der Waals surface area contributed by atoms with Crippen LogP contribution in [0.2, 0.25) is 0 Å². The lowest BCUT2D eigenvalue weighted by atomic mass is 10.0. The fourth-order valence-corrected chi connectivity index (χ4v) is 1.02. The van der Waals surface area contributed by atoms with Crippen LogP contribution in [-0.4, -0.2) is 11.6 Å². The minimum absolute atomic E-state index is 0.475. The van der Waals surface area contributed by atoms with Crippen LogP contribution in [0.5, 0.6) is 0 Å². The first-order valence-electron chi connectivity index (χ1n) is 4.47. The van der Waals surface area contributed by atoms with Crippen LogP contribution in [0.3, 0.4) is 0 Å². The first-order chi connectivity index (χ1) is 6.64. The molecular formula is C12H13NO. The van der Waals surface area contributed by atoms with E-state index in [0.717, 1.165) is 5.56 Å². The average molecular weight is 187 g/mol. The number of benzene rings is 1. The summed E-state index contributed by atoms with van der Waals surface area (Å²) in [6.45, 7) is 3.72. The molecule has 0 saturated heterocycles. The van der Waals surface area contributed by atoms with Crippen LogP contribution in [0.15, 0.2) is 41.4 Å². The Labute approximate surface area is 84.0 Å². The second-order valence-electron chi connectivity index (χ2n) is 3.60. The molecule has 0 saturated carbocycles. The number of carbonyl (C=O) groups excluding carboxylic acids is 1. The Morgan fingerprint density at radius 1 is 1.29 bits per heavy atom. The molecule has 1 aromatic carbocycles. The number of hydrogen-bond acceptors (Lipinski definition) is 2. The lowest BCUT2D eigenvalue weighted by Crippen LogP contribution is -2.11. The quantitative estimate of drug-likeness (QED) is 0.528. The van der Waals surface area contributed by atoms with E-state index in [0.29, 0.717) is 0 Å². The van der Waals surface area contributed by atoms with Crippen molar-refractivity contribution >= 4 is 12.2 Å². The van der Waals surface area contributed by atoms with Gasteiger partial charge in [0.15, 0.2) is 0 Å². The van der Waals surface area contributed by atoms with Gasteiger partial charge in [-0.05, 0) is 19.4 Å². The number of rotatable bonds is 3. The summed E-state index contributed by atoms with van der Waals surface area (Å²) in [5.41, 5.74) is 0.624. The van der Waals surface area contributed by atoms with Crippen molar-refractivity contribution in [3.8, 4) is 0 Å². The van der Waals surface area contributed by atoms with Gasteiger partial charge < -0.3 is 0 Å². The van der Waals surface area contributed by atoms with Crippen LogP contribution in [0.1, 0.15) is 19.4 Å². The molecule has 0 aliphatic carbocycles. The summed E-state index contributed by atoms with van der Waals surface area (Å²) in [6.07, 6.45) is 5.40. The molecule has 2 heteroatoms. The van der Waals surface area contributed by atoms with Crippen LogP contribution >= 0.6 is 0 Å². The summed E-state index contributed by atoms with van der Waals surface area (Å²) in [5, 5.41) is 0. The minimum atomic E-state index is -0.475. The van der Waals surface area contributed by atoms with Crippen molar-refractivity contribution in [3.05, 3.63) is 42.0 Å². The molecule has 0 N–H and O–H groups in total. The minimum Gasteiger partial charge on any atom is -0.211 e. The van der Waals surface area contributed by atoms with E-state index in [2.05, 4.69) is 4.99 Å². The highest BCUT2D eigenvalue weighted by Gasteiger charge is 2.10. The van der Waals surface area contributed by atoms with Gasteiger partial charge in [-0.1, -0.05) is 42.5 Å². The maximum atomic E-state index is 10.1. The molecule has 14 heavy (non-hydrogen) atoms. The molecular weight excluding hydrogens is 174 g/mol. The standard InChI is InChI=1S/C12H13NO/c1-12(2,13-10-14)9-8-11-6-4-3-5-7-11/h3-9H,1-2H3/b9-8+. The van der Waals surface area contributed by atoms with Crippen LogP contribution in [0.4, 0.5) is 0 Å². The van der Waals surface area contributed by atoms with Crippen molar-refractivity contribution in [1.29, 1.82) is 0 Å². The van der Waals surface area contributed by atoms with Gasteiger partial charge in [0.05, 0.1) is 5.54 Å². The van der Waals surface area contributed by atoms with Crippen LogP contribution < -0.4 is 0 Å². The zero-order valence-corrected chi connectivity index (χ0v) is 8.40. The molecule has 0 heterocycles. The van der Waals surface area contributed by atoms with Gasteiger partial charge >= 0.3 is 0 Å². The molecule has 0 aliphatic rings. The van der Waals surface area contributed by atoms with Gasteiger partial charge in [0.1, 0.15) is 0 Å². The second-order valence-corrected chi connectivity index (χ2v) is 3.60. The Balaban J connectivity index is 2.78. The van der Waals surface area contributed by atoms with E-state index in [1.165, 1.54) is 0 Å². The summed E-state index contributed by atoms with van der Waals surface area (Å²) in [5.74, 6) is 0. The molecule has 0 unspecified atom stereocenters. The van der Waals surface area contributed by atoms with Crippen LogP contribution in [0.25, 0.3) is 6.08 Å². The SMILES string of the molecule is CC(C)(/C=C/c1ccccc1)N=C=O. The van der Waals surface area contributed by atoms with Gasteiger partial charge in [0.25, 0.3) is 0 Å². The normalized spacial score (nSPS) is 11.3. The summed E-state index contributed by atoms with van der Waals surface area (Å²) < 4.78 is 0. The highest BCUT2D eigenvalue weighted by atomic mass is 16.1. The van der Waals surface area contributed by atoms with Crippen molar-refractivity contribution in [3.63, 3.8) is 0 Å². The second kappa shape index (κ2) is 4.54. The van der Waals surface area contributed by atoms with Gasteiger partial charge in [-0.15, -0.1) is 0 Å². The summed E-state index contributed by atoms with van der Waals surface area (Å²) in [7, 11) is 0. The first-order valence-corrected chi connectivity index (χ1v) is 4.47. The van der Waals surface area contributed by atoms with E-state index in [1.807, 2.05) is 56.3 Å². The Morgan fingerprint density at radius 3 is 2.50 bits per heavy atom. The molecule has 0 bridgehead atoms. The topological polar surface area (TPSA) is 29.4 Å². The van der Waals surface area contributed by atoms with E-state index in [4.69, 9.17) is 0 Å². The zero-order valence-electron chi connectivity index (χ0n) is 8.40. The third-order valence-corrected chi connectivity index (χ3v) is 1.82. The average Bonchev–Trinajstić information content (AvgIpc) is 2.17.